The van der Waals surface area contributed by atoms with Crippen molar-refractivity contribution in [2.24, 2.45) is 5.92 Å². The summed E-state index contributed by atoms with van der Waals surface area (Å²) in [5, 5.41) is 7.94. The van der Waals surface area contributed by atoms with Crippen molar-refractivity contribution in [1.82, 2.24) is 15.5 Å². The fourth-order valence-electron chi connectivity index (χ4n) is 3.63. The molecule has 3 nitrogen and oxygen atoms in total. The molecule has 2 N–H and O–H groups in total. The Morgan fingerprint density at radius 2 is 1.75 bits per heavy atom. The molecule has 2 aliphatic rings. The van der Waals surface area contributed by atoms with Crippen molar-refractivity contribution in [1.29, 1.82) is 0 Å². The molecule has 0 bridgehead atoms. The fourth-order valence-corrected chi connectivity index (χ4v) is 3.98. The molecule has 1 aliphatic carbocycles. The Bertz CT molecular complexity index is 283. The Balaban J connectivity index is 1.79. The number of hydrogen-bond acceptors (Lipinski definition) is 2. The zero-order chi connectivity index (χ0) is 14.2. The van der Waals surface area contributed by atoms with Crippen LogP contribution in [-0.2, 0) is 0 Å². The lowest BCUT2D eigenvalue weighted by atomic mass is 9.85. The molecule has 0 radical (unpaired) electrons. The molecule has 1 heterocycles. The molecule has 116 valence electrons. The number of nitrogens with zero attached hydrogens (tertiary/aromatic N) is 1. The van der Waals surface area contributed by atoms with E-state index in [1.54, 1.807) is 0 Å². The van der Waals surface area contributed by atoms with E-state index in [0.29, 0.717) is 6.04 Å². The smallest absolute Gasteiger partial charge is 0.169 e. The van der Waals surface area contributed by atoms with Gasteiger partial charge in [0, 0.05) is 25.7 Å². The lowest BCUT2D eigenvalue weighted by Gasteiger charge is -2.33. The zero-order valence-electron chi connectivity index (χ0n) is 13.0. The van der Waals surface area contributed by atoms with Crippen molar-refractivity contribution >= 4 is 17.3 Å². The van der Waals surface area contributed by atoms with Crippen molar-refractivity contribution in [3.8, 4) is 0 Å². The van der Waals surface area contributed by atoms with Crippen LogP contribution in [0, 0.1) is 5.92 Å². The second-order valence-electron chi connectivity index (χ2n) is 6.49. The van der Waals surface area contributed by atoms with Gasteiger partial charge in [0.05, 0.1) is 0 Å². The van der Waals surface area contributed by atoms with Crippen LogP contribution in [0.4, 0.5) is 0 Å². The van der Waals surface area contributed by atoms with Gasteiger partial charge in [0.15, 0.2) is 5.11 Å². The quantitative estimate of drug-likeness (QED) is 0.763. The number of piperidine rings is 1. The average Bonchev–Trinajstić information content (AvgIpc) is 2.49. The van der Waals surface area contributed by atoms with Crippen molar-refractivity contribution in [3.63, 3.8) is 0 Å². The first-order chi connectivity index (χ1) is 9.79. The number of hydrogen-bond donors (Lipinski definition) is 2. The van der Waals surface area contributed by atoms with Gasteiger partial charge in [0.2, 0.25) is 0 Å². The largest absolute Gasteiger partial charge is 0.359 e. The summed E-state index contributed by atoms with van der Waals surface area (Å²) < 4.78 is 0. The second kappa shape index (κ2) is 8.83. The summed E-state index contributed by atoms with van der Waals surface area (Å²) in [5.74, 6) is 0.902. The highest BCUT2D eigenvalue weighted by Gasteiger charge is 2.21. The number of likely N-dealkylation sites (N-methyl/N-ethyl adjacent to an activating group) is 1. The van der Waals surface area contributed by atoms with Gasteiger partial charge in [-0.2, -0.15) is 0 Å². The summed E-state index contributed by atoms with van der Waals surface area (Å²) in [6, 6.07) is 0.498. The van der Waals surface area contributed by atoms with Gasteiger partial charge in [-0.1, -0.05) is 32.1 Å². The molecule has 2 rings (SSSR count). The molecule has 4 heteroatoms. The summed E-state index contributed by atoms with van der Waals surface area (Å²) in [7, 11) is 2.04. The van der Waals surface area contributed by atoms with E-state index in [1.807, 2.05) is 7.05 Å². The Morgan fingerprint density at radius 3 is 2.40 bits per heavy atom. The number of likely N-dealkylation sites (tertiary alicyclic amines) is 1. The molecule has 0 spiro atoms. The Kier molecular flexibility index (Phi) is 7.08. The highest BCUT2D eigenvalue weighted by atomic mass is 32.1. The Hall–Kier alpha value is -0.350. The van der Waals surface area contributed by atoms with Gasteiger partial charge in [0.25, 0.3) is 0 Å². The summed E-state index contributed by atoms with van der Waals surface area (Å²) in [6.45, 7) is 3.30. The molecule has 0 amide bonds. The first kappa shape index (κ1) is 16.0. The minimum absolute atomic E-state index is 0.498. The van der Waals surface area contributed by atoms with E-state index in [-0.39, 0.29) is 0 Å². The third-order valence-electron chi connectivity index (χ3n) is 4.76. The van der Waals surface area contributed by atoms with Crippen LogP contribution in [0.1, 0.15) is 57.8 Å². The molecule has 1 saturated heterocycles. The second-order valence-corrected chi connectivity index (χ2v) is 6.88. The van der Waals surface area contributed by atoms with Crippen LogP contribution < -0.4 is 10.6 Å². The van der Waals surface area contributed by atoms with E-state index < -0.39 is 0 Å². The normalized spacial score (nSPS) is 22.6. The minimum atomic E-state index is 0.498. The topological polar surface area (TPSA) is 27.3 Å². The molecule has 2 fully saturated rings. The maximum absolute atomic E-state index is 5.62. The van der Waals surface area contributed by atoms with E-state index in [0.717, 1.165) is 30.7 Å². The Morgan fingerprint density at radius 1 is 1.10 bits per heavy atom. The lowest BCUT2D eigenvalue weighted by molar-refractivity contribution is 0.295. The molecule has 0 aromatic rings. The third-order valence-corrected chi connectivity index (χ3v) is 5.14. The molecule has 1 saturated carbocycles. The number of nitrogens with one attached hydrogen (secondary N) is 2. The summed E-state index contributed by atoms with van der Waals surface area (Å²) in [6.07, 6.45) is 12.3. The molecular weight excluding hydrogens is 266 g/mol. The van der Waals surface area contributed by atoms with Gasteiger partial charge in [-0.05, 0) is 50.9 Å². The van der Waals surface area contributed by atoms with Crippen LogP contribution in [0.3, 0.4) is 0 Å². The van der Waals surface area contributed by atoms with Crippen molar-refractivity contribution in [2.75, 3.05) is 26.7 Å². The predicted octanol–water partition coefficient (Wildman–Crippen LogP) is 2.91. The Labute approximate surface area is 129 Å². The van der Waals surface area contributed by atoms with Crippen LogP contribution in [0.25, 0.3) is 0 Å². The summed E-state index contributed by atoms with van der Waals surface area (Å²) in [5.41, 5.74) is 0. The first-order valence-corrected chi connectivity index (χ1v) is 8.90. The van der Waals surface area contributed by atoms with Crippen LogP contribution in [0.5, 0.6) is 0 Å². The van der Waals surface area contributed by atoms with E-state index in [1.165, 1.54) is 57.8 Å². The minimum Gasteiger partial charge on any atom is -0.359 e. The van der Waals surface area contributed by atoms with E-state index >= 15 is 0 Å². The molecular formula is C16H31N3S. The molecule has 0 aromatic carbocycles. The molecule has 20 heavy (non-hydrogen) atoms. The van der Waals surface area contributed by atoms with Crippen LogP contribution >= 0.6 is 12.2 Å². The highest BCUT2D eigenvalue weighted by molar-refractivity contribution is 7.80. The van der Waals surface area contributed by atoms with Crippen LogP contribution in [-0.4, -0.2) is 42.7 Å². The monoisotopic (exact) mass is 297 g/mol. The van der Waals surface area contributed by atoms with Crippen LogP contribution in [0.2, 0.25) is 0 Å². The van der Waals surface area contributed by atoms with Gasteiger partial charge in [-0.3, -0.25) is 0 Å². The van der Waals surface area contributed by atoms with E-state index in [4.69, 9.17) is 12.2 Å². The van der Waals surface area contributed by atoms with Crippen molar-refractivity contribution < 1.29 is 0 Å². The van der Waals surface area contributed by atoms with E-state index in [2.05, 4.69) is 15.5 Å². The van der Waals surface area contributed by atoms with Gasteiger partial charge in [-0.25, -0.2) is 0 Å². The SMILES string of the molecule is CNCC(CC1CCCCC1)NC(=S)N1CCCCC1. The number of thiocarbonyl (C=S) groups is 1. The highest BCUT2D eigenvalue weighted by Crippen LogP contribution is 2.27. The fraction of sp³-hybridized carbons (Fsp3) is 0.938. The van der Waals surface area contributed by atoms with Crippen molar-refractivity contribution in [3.05, 3.63) is 0 Å². The van der Waals surface area contributed by atoms with Gasteiger partial charge >= 0.3 is 0 Å². The average molecular weight is 298 g/mol. The van der Waals surface area contributed by atoms with Gasteiger partial charge in [-0.15, -0.1) is 0 Å². The van der Waals surface area contributed by atoms with Gasteiger partial charge in [0.1, 0.15) is 0 Å². The third kappa shape index (κ3) is 5.21. The predicted molar refractivity (Wildman–Crippen MR) is 90.1 cm³/mol. The number of rotatable bonds is 5. The van der Waals surface area contributed by atoms with Crippen LogP contribution in [0.15, 0.2) is 0 Å². The van der Waals surface area contributed by atoms with E-state index in [9.17, 15) is 0 Å². The zero-order valence-corrected chi connectivity index (χ0v) is 13.8. The summed E-state index contributed by atoms with van der Waals surface area (Å²) >= 11 is 5.62. The first-order valence-electron chi connectivity index (χ1n) is 8.49. The maximum atomic E-state index is 5.62. The van der Waals surface area contributed by atoms with Gasteiger partial charge < -0.3 is 15.5 Å². The molecule has 1 aliphatic heterocycles. The maximum Gasteiger partial charge on any atom is 0.169 e. The molecule has 1 atom stereocenters. The molecule has 0 aromatic heterocycles. The molecule has 1 unspecified atom stereocenters. The lowest BCUT2D eigenvalue weighted by Crippen LogP contribution is -2.49. The standard InChI is InChI=1S/C16H31N3S/c1-17-13-15(12-14-8-4-2-5-9-14)18-16(20)19-10-6-3-7-11-19/h14-15,17H,2-13H2,1H3,(H,18,20). The summed E-state index contributed by atoms with van der Waals surface area (Å²) in [4.78, 5) is 2.36. The van der Waals surface area contributed by atoms with Crippen molar-refractivity contribution in [2.45, 2.75) is 63.8 Å².